The van der Waals surface area contributed by atoms with Gasteiger partial charge in [0, 0.05) is 28.8 Å². The summed E-state index contributed by atoms with van der Waals surface area (Å²) in [6.07, 6.45) is 1.76. The minimum atomic E-state index is -0.633. The Morgan fingerprint density at radius 3 is 2.46 bits per heavy atom. The van der Waals surface area contributed by atoms with E-state index in [0.29, 0.717) is 0 Å². The first-order chi connectivity index (χ1) is 11.5. The van der Waals surface area contributed by atoms with E-state index in [2.05, 4.69) is 4.98 Å². The van der Waals surface area contributed by atoms with Gasteiger partial charge in [0.1, 0.15) is 0 Å². The number of nitrogens with two attached hydrogens (primary N) is 2. The maximum Gasteiger partial charge on any atom is 0.252 e. The van der Waals surface area contributed by atoms with Gasteiger partial charge in [0.15, 0.2) is 0 Å². The smallest absolute Gasteiger partial charge is 0.252 e. The fraction of sp³-hybridized carbons (Fsp3) is 0.167. The van der Waals surface area contributed by atoms with Crippen molar-refractivity contribution in [3.8, 4) is 11.1 Å². The molecule has 0 aliphatic heterocycles. The van der Waals surface area contributed by atoms with Crippen LogP contribution in [-0.4, -0.2) is 22.1 Å². The first-order valence-corrected chi connectivity index (χ1v) is 7.67. The lowest BCUT2D eigenvalue weighted by Crippen LogP contribution is -2.37. The zero-order chi connectivity index (χ0) is 17.3. The van der Waals surface area contributed by atoms with E-state index in [1.54, 1.807) is 18.6 Å². The summed E-state index contributed by atoms with van der Waals surface area (Å²) in [4.78, 5) is 15.1. The molecule has 6 heteroatoms. The van der Waals surface area contributed by atoms with Crippen LogP contribution in [0.3, 0.4) is 0 Å². The molecule has 0 radical (unpaired) electrons. The minimum absolute atomic E-state index is 0.437. The number of fused-ring (bicyclic) bond motifs is 1. The molecular weight excluding hydrogens is 304 g/mol. The van der Waals surface area contributed by atoms with E-state index in [9.17, 15) is 4.79 Å². The van der Waals surface area contributed by atoms with Gasteiger partial charge in [-0.2, -0.15) is 0 Å². The van der Waals surface area contributed by atoms with Gasteiger partial charge in [-0.3, -0.25) is 10.0 Å². The number of benzene rings is 2. The molecule has 2 atom stereocenters. The summed E-state index contributed by atoms with van der Waals surface area (Å²) in [6, 6.07) is 13.2. The molecule has 3 rings (SSSR count). The Morgan fingerprint density at radius 2 is 1.83 bits per heavy atom. The van der Waals surface area contributed by atoms with E-state index in [0.717, 1.165) is 33.3 Å². The number of aromatic nitrogens is 1. The molecule has 0 aliphatic rings. The fourth-order valence-corrected chi connectivity index (χ4v) is 2.99. The molecule has 0 saturated heterocycles. The van der Waals surface area contributed by atoms with Gasteiger partial charge in [-0.25, -0.2) is 5.48 Å². The third-order valence-corrected chi connectivity index (χ3v) is 4.21. The maximum absolute atomic E-state index is 11.9. The highest BCUT2D eigenvalue weighted by atomic mass is 16.5. The summed E-state index contributed by atoms with van der Waals surface area (Å²) in [5.74, 6) is -1.15. The van der Waals surface area contributed by atoms with Crippen molar-refractivity contribution in [3.63, 3.8) is 0 Å². The topological polar surface area (TPSA) is 117 Å². The van der Waals surface area contributed by atoms with Crippen LogP contribution in [-0.2, 0) is 4.79 Å². The first kappa shape index (κ1) is 16.0. The van der Waals surface area contributed by atoms with E-state index in [1.165, 1.54) is 0 Å². The van der Waals surface area contributed by atoms with Crippen molar-refractivity contribution in [1.82, 2.24) is 10.5 Å². The van der Waals surface area contributed by atoms with Gasteiger partial charge in [-0.15, -0.1) is 0 Å². The zero-order valence-corrected chi connectivity index (χ0v) is 13.3. The van der Waals surface area contributed by atoms with E-state index in [1.807, 2.05) is 42.5 Å². The van der Waals surface area contributed by atoms with Gasteiger partial charge in [0.25, 0.3) is 5.91 Å². The number of anilines is 1. The van der Waals surface area contributed by atoms with Crippen molar-refractivity contribution in [2.75, 3.05) is 5.73 Å². The summed E-state index contributed by atoms with van der Waals surface area (Å²) in [7, 11) is 0. The van der Waals surface area contributed by atoms with Crippen LogP contribution in [0.25, 0.3) is 22.0 Å². The third kappa shape index (κ3) is 2.84. The number of aromatic amines is 1. The quantitative estimate of drug-likeness (QED) is 0.288. The third-order valence-electron chi connectivity index (χ3n) is 4.21. The van der Waals surface area contributed by atoms with Crippen LogP contribution < -0.4 is 16.9 Å². The predicted octanol–water partition coefficient (Wildman–Crippen LogP) is 2.35. The molecule has 2 aromatic carbocycles. The van der Waals surface area contributed by atoms with Crippen molar-refractivity contribution in [2.24, 2.45) is 5.73 Å². The summed E-state index contributed by atoms with van der Waals surface area (Å²) >= 11 is 0. The minimum Gasteiger partial charge on any atom is -0.399 e. The van der Waals surface area contributed by atoms with Crippen molar-refractivity contribution in [2.45, 2.75) is 18.9 Å². The number of hydrogen-bond acceptors (Lipinski definition) is 4. The van der Waals surface area contributed by atoms with Crippen LogP contribution in [0.4, 0.5) is 5.69 Å². The molecule has 6 nitrogen and oxygen atoms in total. The average Bonchev–Trinajstić information content (AvgIpc) is 2.98. The number of hydrogen-bond donors (Lipinski definition) is 5. The molecule has 1 amide bonds. The van der Waals surface area contributed by atoms with E-state index < -0.39 is 17.9 Å². The second-order valence-corrected chi connectivity index (χ2v) is 5.94. The summed E-state index contributed by atoms with van der Waals surface area (Å²) < 4.78 is 0. The zero-order valence-electron chi connectivity index (χ0n) is 13.3. The molecule has 0 spiro atoms. The summed E-state index contributed by atoms with van der Waals surface area (Å²) in [6.45, 7) is 1.74. The monoisotopic (exact) mass is 324 g/mol. The highest BCUT2D eigenvalue weighted by molar-refractivity contribution is 5.94. The van der Waals surface area contributed by atoms with Gasteiger partial charge < -0.3 is 16.5 Å². The second-order valence-electron chi connectivity index (χ2n) is 5.94. The lowest BCUT2D eigenvalue weighted by atomic mass is 9.91. The van der Waals surface area contributed by atoms with Gasteiger partial charge in [0.2, 0.25) is 0 Å². The molecule has 3 aromatic rings. The van der Waals surface area contributed by atoms with Crippen LogP contribution in [0, 0.1) is 0 Å². The number of carbonyl (C=O) groups excluding carboxylic acids is 1. The Kier molecular flexibility index (Phi) is 4.24. The van der Waals surface area contributed by atoms with Crippen LogP contribution in [0.15, 0.2) is 48.7 Å². The molecule has 1 heterocycles. The predicted molar refractivity (Wildman–Crippen MR) is 94.5 cm³/mol. The van der Waals surface area contributed by atoms with Gasteiger partial charge in [0.05, 0.1) is 5.92 Å². The first-order valence-electron chi connectivity index (χ1n) is 7.67. The molecule has 0 saturated carbocycles. The van der Waals surface area contributed by atoms with Crippen molar-refractivity contribution < 1.29 is 10.0 Å². The van der Waals surface area contributed by atoms with Crippen molar-refractivity contribution in [1.29, 1.82) is 0 Å². The molecule has 2 unspecified atom stereocenters. The van der Waals surface area contributed by atoms with Crippen LogP contribution >= 0.6 is 0 Å². The molecule has 0 fully saturated rings. The van der Waals surface area contributed by atoms with Crippen molar-refractivity contribution >= 4 is 22.5 Å². The Bertz CT molecular complexity index is 868. The van der Waals surface area contributed by atoms with Gasteiger partial charge in [-0.1, -0.05) is 24.3 Å². The number of H-pyrrole nitrogens is 1. The molecule has 124 valence electrons. The van der Waals surface area contributed by atoms with Crippen LogP contribution in [0.2, 0.25) is 0 Å². The second kappa shape index (κ2) is 6.35. The summed E-state index contributed by atoms with van der Waals surface area (Å²) in [5, 5.41) is 9.87. The highest BCUT2D eigenvalue weighted by Crippen LogP contribution is 2.31. The normalized spacial score (nSPS) is 13.6. The molecule has 7 N–H and O–H groups in total. The lowest BCUT2D eigenvalue weighted by Gasteiger charge is -2.18. The van der Waals surface area contributed by atoms with Gasteiger partial charge in [-0.05, 0) is 41.8 Å². The van der Waals surface area contributed by atoms with Crippen LogP contribution in [0.5, 0.6) is 0 Å². The Hall–Kier alpha value is -2.83. The van der Waals surface area contributed by atoms with Crippen molar-refractivity contribution in [3.05, 3.63) is 54.2 Å². The Morgan fingerprint density at radius 1 is 1.17 bits per heavy atom. The lowest BCUT2D eigenvalue weighted by molar-refractivity contribution is -0.131. The molecule has 0 bridgehead atoms. The summed E-state index contributed by atoms with van der Waals surface area (Å²) in [5.41, 5.74) is 17.8. The van der Waals surface area contributed by atoms with E-state index in [-0.39, 0.29) is 0 Å². The number of nitrogens with one attached hydrogen (secondary N) is 2. The van der Waals surface area contributed by atoms with E-state index >= 15 is 0 Å². The molecular formula is C18H20N4O2. The van der Waals surface area contributed by atoms with E-state index in [4.69, 9.17) is 16.7 Å². The largest absolute Gasteiger partial charge is 0.399 e. The highest BCUT2D eigenvalue weighted by Gasteiger charge is 2.27. The average molecular weight is 324 g/mol. The molecule has 0 aliphatic carbocycles. The fourth-order valence-electron chi connectivity index (χ4n) is 2.99. The molecule has 24 heavy (non-hydrogen) atoms. The standard InChI is InChI=1S/C18H20N4O2/c1-10(19)17(18(23)22-24)15-9-21-16-8-12(4-7-14(15)16)11-2-5-13(20)6-3-11/h2-10,17,21,24H,19-20H2,1H3,(H,22,23). The number of amides is 1. The molecule has 1 aromatic heterocycles. The maximum atomic E-state index is 11.9. The number of carbonyl (C=O) groups is 1. The Labute approximate surface area is 139 Å². The van der Waals surface area contributed by atoms with Crippen LogP contribution in [0.1, 0.15) is 18.4 Å². The Balaban J connectivity index is 2.05. The number of hydroxylamine groups is 1. The number of nitrogen functional groups attached to an aromatic ring is 1. The SMILES string of the molecule is CC(N)C(C(=O)NO)c1c[nH]c2cc(-c3ccc(N)cc3)ccc12. The van der Waals surface area contributed by atoms with Gasteiger partial charge >= 0.3 is 0 Å². The number of rotatable bonds is 4.